The van der Waals surface area contributed by atoms with Gasteiger partial charge in [-0.15, -0.1) is 0 Å². The Morgan fingerprint density at radius 3 is 3.00 bits per heavy atom. The van der Waals surface area contributed by atoms with Crippen molar-refractivity contribution in [3.8, 4) is 0 Å². The Morgan fingerprint density at radius 1 is 1.59 bits per heavy atom. The number of furan rings is 1. The summed E-state index contributed by atoms with van der Waals surface area (Å²) in [5, 5.41) is 15.9. The molecule has 0 fully saturated rings. The smallest absolute Gasteiger partial charge is 0.338 e. The number of aromatic carboxylic acids is 1. The molecule has 0 bridgehead atoms. The number of hydrogen-bond acceptors (Lipinski definition) is 5. The topological polar surface area (TPSA) is 93.2 Å². The van der Waals surface area contributed by atoms with Gasteiger partial charge >= 0.3 is 5.97 Å². The Balaban J connectivity index is 1.83. The molecule has 2 heterocycles. The Morgan fingerprint density at radius 2 is 2.41 bits per heavy atom. The number of carboxylic acids is 1. The van der Waals surface area contributed by atoms with Crippen molar-refractivity contribution in [2.45, 2.75) is 13.1 Å². The zero-order valence-corrected chi connectivity index (χ0v) is 9.25. The molecule has 0 aliphatic rings. The van der Waals surface area contributed by atoms with Gasteiger partial charge < -0.3 is 14.8 Å². The molecule has 0 aliphatic carbocycles. The predicted molar refractivity (Wildman–Crippen MR) is 57.2 cm³/mol. The molecule has 0 atom stereocenters. The number of aromatic nitrogens is 3. The first-order chi connectivity index (χ1) is 8.15. The highest BCUT2D eigenvalue weighted by molar-refractivity contribution is 5.87. The highest BCUT2D eigenvalue weighted by Crippen LogP contribution is 2.07. The van der Waals surface area contributed by atoms with Crippen LogP contribution in [-0.4, -0.2) is 25.8 Å². The molecule has 2 aromatic heterocycles. The molecule has 2 aromatic rings. The zero-order valence-electron chi connectivity index (χ0n) is 9.25. The average Bonchev–Trinajstić information content (AvgIpc) is 2.88. The Kier molecular flexibility index (Phi) is 3.20. The van der Waals surface area contributed by atoms with Crippen molar-refractivity contribution in [3.05, 3.63) is 35.8 Å². The summed E-state index contributed by atoms with van der Waals surface area (Å²) < 4.78 is 6.70. The molecule has 2 rings (SSSR count). The van der Waals surface area contributed by atoms with E-state index in [-0.39, 0.29) is 5.56 Å². The number of carboxylic acid groups (broad SMARTS) is 1. The molecule has 0 aliphatic heterocycles. The van der Waals surface area contributed by atoms with Crippen LogP contribution in [0.15, 0.2) is 23.1 Å². The van der Waals surface area contributed by atoms with Crippen molar-refractivity contribution in [3.63, 3.8) is 0 Å². The molecule has 0 unspecified atom stereocenters. The molecule has 2 N–H and O–H groups in total. The lowest BCUT2D eigenvalue weighted by atomic mass is 10.3. The van der Waals surface area contributed by atoms with E-state index in [1.165, 1.54) is 12.3 Å². The minimum Gasteiger partial charge on any atom is -0.478 e. The van der Waals surface area contributed by atoms with Gasteiger partial charge in [0.2, 0.25) is 0 Å². The third kappa shape index (κ3) is 2.91. The van der Waals surface area contributed by atoms with E-state index < -0.39 is 5.97 Å². The lowest BCUT2D eigenvalue weighted by molar-refractivity contribution is 0.0696. The highest BCUT2D eigenvalue weighted by Gasteiger charge is 2.07. The summed E-state index contributed by atoms with van der Waals surface area (Å²) in [5.74, 6) is 0.252. The van der Waals surface area contributed by atoms with Gasteiger partial charge in [0.1, 0.15) is 18.4 Å². The molecule has 7 heteroatoms. The summed E-state index contributed by atoms with van der Waals surface area (Å²) in [5.41, 5.74) is 0.151. The van der Waals surface area contributed by atoms with Crippen molar-refractivity contribution in [1.82, 2.24) is 20.1 Å². The molecule has 0 saturated heterocycles. The average molecular weight is 236 g/mol. The monoisotopic (exact) mass is 236 g/mol. The summed E-state index contributed by atoms with van der Waals surface area (Å²) in [6, 6.07) is 1.49. The minimum absolute atomic E-state index is 0.151. The van der Waals surface area contributed by atoms with Crippen LogP contribution in [0.3, 0.4) is 0 Å². The Bertz CT molecular complexity index is 517. The highest BCUT2D eigenvalue weighted by atomic mass is 16.4. The van der Waals surface area contributed by atoms with Crippen molar-refractivity contribution in [2.75, 3.05) is 0 Å². The van der Waals surface area contributed by atoms with Gasteiger partial charge in [0.25, 0.3) is 0 Å². The first-order valence-corrected chi connectivity index (χ1v) is 5.01. The molecule has 0 amide bonds. The van der Waals surface area contributed by atoms with Gasteiger partial charge in [-0.3, -0.25) is 4.68 Å². The van der Waals surface area contributed by atoms with Crippen LogP contribution < -0.4 is 5.32 Å². The number of hydrogen-bond donors (Lipinski definition) is 2. The van der Waals surface area contributed by atoms with E-state index in [9.17, 15) is 4.79 Å². The number of nitrogens with zero attached hydrogens (tertiary/aromatic N) is 3. The maximum atomic E-state index is 10.6. The van der Waals surface area contributed by atoms with Crippen LogP contribution in [-0.2, 0) is 20.1 Å². The van der Waals surface area contributed by atoms with Crippen molar-refractivity contribution in [2.24, 2.45) is 7.05 Å². The van der Waals surface area contributed by atoms with Crippen LogP contribution in [0, 0.1) is 0 Å². The molecule has 17 heavy (non-hydrogen) atoms. The van der Waals surface area contributed by atoms with Crippen LogP contribution in [0.5, 0.6) is 0 Å². The largest absolute Gasteiger partial charge is 0.478 e. The Labute approximate surface area is 97.1 Å². The maximum absolute atomic E-state index is 10.6. The van der Waals surface area contributed by atoms with E-state index in [4.69, 9.17) is 9.52 Å². The van der Waals surface area contributed by atoms with E-state index >= 15 is 0 Å². The lowest BCUT2D eigenvalue weighted by Crippen LogP contribution is -2.13. The van der Waals surface area contributed by atoms with E-state index in [1.807, 2.05) is 0 Å². The number of rotatable bonds is 5. The first-order valence-electron chi connectivity index (χ1n) is 5.01. The number of carbonyl (C=O) groups is 1. The number of nitrogens with one attached hydrogen (secondary N) is 1. The fraction of sp³-hybridized carbons (Fsp3) is 0.300. The maximum Gasteiger partial charge on any atom is 0.338 e. The molecular weight excluding hydrogens is 224 g/mol. The van der Waals surface area contributed by atoms with Gasteiger partial charge in [-0.05, 0) is 6.07 Å². The van der Waals surface area contributed by atoms with E-state index in [1.54, 1.807) is 18.1 Å². The quantitative estimate of drug-likeness (QED) is 0.780. The van der Waals surface area contributed by atoms with Crippen LogP contribution in [0.2, 0.25) is 0 Å². The summed E-state index contributed by atoms with van der Waals surface area (Å²) in [6.07, 6.45) is 2.84. The van der Waals surface area contributed by atoms with E-state index in [0.29, 0.717) is 24.7 Å². The van der Waals surface area contributed by atoms with E-state index in [0.717, 1.165) is 0 Å². The molecule has 0 saturated carbocycles. The van der Waals surface area contributed by atoms with Gasteiger partial charge in [0.15, 0.2) is 5.82 Å². The third-order valence-electron chi connectivity index (χ3n) is 2.13. The third-order valence-corrected chi connectivity index (χ3v) is 2.13. The van der Waals surface area contributed by atoms with Crippen LogP contribution in [0.4, 0.5) is 0 Å². The van der Waals surface area contributed by atoms with Gasteiger partial charge in [-0.2, -0.15) is 5.10 Å². The van der Waals surface area contributed by atoms with Gasteiger partial charge in [0.05, 0.1) is 18.7 Å². The van der Waals surface area contributed by atoms with Gasteiger partial charge in [-0.1, -0.05) is 0 Å². The summed E-state index contributed by atoms with van der Waals surface area (Å²) in [7, 11) is 1.79. The van der Waals surface area contributed by atoms with Gasteiger partial charge in [-0.25, -0.2) is 9.78 Å². The molecule has 0 spiro atoms. The summed E-state index contributed by atoms with van der Waals surface area (Å²) in [6.45, 7) is 0.940. The minimum atomic E-state index is -0.994. The zero-order chi connectivity index (χ0) is 12.3. The normalized spacial score (nSPS) is 10.6. The fourth-order valence-corrected chi connectivity index (χ4v) is 1.35. The Hall–Kier alpha value is -2.15. The molecule has 90 valence electrons. The SMILES string of the molecule is Cn1cnc(CNCc2cc(C(=O)O)co2)n1. The van der Waals surface area contributed by atoms with E-state index in [2.05, 4.69) is 15.4 Å². The van der Waals surface area contributed by atoms with Crippen LogP contribution in [0.25, 0.3) is 0 Å². The second kappa shape index (κ2) is 4.79. The van der Waals surface area contributed by atoms with Crippen LogP contribution >= 0.6 is 0 Å². The predicted octanol–water partition coefficient (Wildman–Crippen LogP) is 0.396. The molecule has 0 aromatic carbocycles. The molecule has 7 nitrogen and oxygen atoms in total. The molecule has 0 radical (unpaired) electrons. The second-order valence-corrected chi connectivity index (χ2v) is 3.54. The molecular formula is C10H12N4O3. The van der Waals surface area contributed by atoms with Gasteiger partial charge in [0, 0.05) is 7.05 Å². The first kappa shape index (κ1) is 11.3. The van der Waals surface area contributed by atoms with Crippen molar-refractivity contribution in [1.29, 1.82) is 0 Å². The summed E-state index contributed by atoms with van der Waals surface area (Å²) >= 11 is 0. The number of aryl methyl sites for hydroxylation is 1. The van der Waals surface area contributed by atoms with Crippen LogP contribution in [0.1, 0.15) is 21.9 Å². The summed E-state index contributed by atoms with van der Waals surface area (Å²) in [4.78, 5) is 14.7. The van der Waals surface area contributed by atoms with Crippen molar-refractivity contribution < 1.29 is 14.3 Å². The standard InChI is InChI=1S/C10H12N4O3/c1-14-6-12-9(13-14)4-11-3-8-2-7(5-17-8)10(15)16/h2,5-6,11H,3-4H2,1H3,(H,15,16). The lowest BCUT2D eigenvalue weighted by Gasteiger charge is -1.97. The fourth-order valence-electron chi connectivity index (χ4n) is 1.35. The van der Waals surface area contributed by atoms with Crippen molar-refractivity contribution >= 4 is 5.97 Å². The second-order valence-electron chi connectivity index (χ2n) is 3.54.